The molecule has 1 N–H and O–H groups in total. The number of ether oxygens (including phenoxy) is 1. The molecule has 140 valence electrons. The third kappa shape index (κ3) is 4.49. The summed E-state index contributed by atoms with van der Waals surface area (Å²) in [7, 11) is 0. The normalized spacial score (nSPS) is 10.8. The summed E-state index contributed by atoms with van der Waals surface area (Å²) in [6.45, 7) is 1.26. The van der Waals surface area contributed by atoms with Gasteiger partial charge < -0.3 is 10.1 Å². The summed E-state index contributed by atoms with van der Waals surface area (Å²) < 4.78 is 7.03. The molecule has 0 saturated carbocycles. The smallest absolute Gasteiger partial charge is 0.134 e. The number of nitrogens with one attached hydrogen (secondary N) is 1. The largest absolute Gasteiger partial charge is 0.488 e. The van der Waals surface area contributed by atoms with E-state index in [9.17, 15) is 0 Å². The Hall–Kier alpha value is -2.49. The topological polar surface area (TPSA) is 21.3 Å². The predicted octanol–water partition coefficient (Wildman–Crippen LogP) is 7.45. The lowest BCUT2D eigenvalue weighted by atomic mass is 10.1. The van der Waals surface area contributed by atoms with Crippen LogP contribution in [-0.4, -0.2) is 0 Å². The molecule has 0 radical (unpaired) electrons. The Morgan fingerprint density at radius 1 is 0.857 bits per heavy atom. The summed E-state index contributed by atoms with van der Waals surface area (Å²) in [4.78, 5) is 0. The van der Waals surface area contributed by atoms with Crippen molar-refractivity contribution in [3.05, 3.63) is 106 Å². The average Bonchev–Trinajstić information content (AvgIpc) is 2.73. The highest BCUT2D eigenvalue weighted by atomic mass is 79.9. The standard InChI is InChI=1S/C24H19BrClNO/c25-23-14-17(15-27-21-11-9-20(26)10-12-21)8-13-24(23)28-16-19-6-3-5-18-4-1-2-7-22(18)19/h1-14,27H,15-16H2. The Balaban J connectivity index is 1.42. The van der Waals surface area contributed by atoms with Crippen molar-refractivity contribution in [2.45, 2.75) is 13.2 Å². The van der Waals surface area contributed by atoms with Gasteiger partial charge in [0.2, 0.25) is 0 Å². The van der Waals surface area contributed by atoms with E-state index < -0.39 is 0 Å². The van der Waals surface area contributed by atoms with Crippen molar-refractivity contribution in [1.29, 1.82) is 0 Å². The molecule has 4 rings (SSSR count). The second-order valence-electron chi connectivity index (χ2n) is 6.55. The zero-order valence-electron chi connectivity index (χ0n) is 15.2. The summed E-state index contributed by atoms with van der Waals surface area (Å²) in [6.07, 6.45) is 0. The first-order chi connectivity index (χ1) is 13.7. The third-order valence-electron chi connectivity index (χ3n) is 4.60. The van der Waals surface area contributed by atoms with Crippen molar-refractivity contribution in [1.82, 2.24) is 0 Å². The lowest BCUT2D eigenvalue weighted by Gasteiger charge is -2.12. The fraction of sp³-hybridized carbons (Fsp3) is 0.0833. The highest BCUT2D eigenvalue weighted by Crippen LogP contribution is 2.28. The first-order valence-corrected chi connectivity index (χ1v) is 10.2. The van der Waals surface area contributed by atoms with Crippen molar-refractivity contribution in [2.24, 2.45) is 0 Å². The van der Waals surface area contributed by atoms with Crippen molar-refractivity contribution in [2.75, 3.05) is 5.32 Å². The van der Waals surface area contributed by atoms with Gasteiger partial charge in [0.25, 0.3) is 0 Å². The van der Waals surface area contributed by atoms with Gasteiger partial charge in [-0.3, -0.25) is 0 Å². The predicted molar refractivity (Wildman–Crippen MR) is 121 cm³/mol. The lowest BCUT2D eigenvalue weighted by Crippen LogP contribution is -2.01. The van der Waals surface area contributed by atoms with E-state index in [2.05, 4.69) is 75.8 Å². The zero-order chi connectivity index (χ0) is 19.3. The van der Waals surface area contributed by atoms with Gasteiger partial charge in [-0.05, 0) is 74.2 Å². The maximum absolute atomic E-state index is 6.08. The van der Waals surface area contributed by atoms with Crippen LogP contribution < -0.4 is 10.1 Å². The van der Waals surface area contributed by atoms with E-state index in [1.165, 1.54) is 21.9 Å². The van der Waals surface area contributed by atoms with Gasteiger partial charge in [-0.2, -0.15) is 0 Å². The summed E-state index contributed by atoms with van der Waals surface area (Å²) in [5.74, 6) is 0.836. The van der Waals surface area contributed by atoms with Gasteiger partial charge in [-0.15, -0.1) is 0 Å². The lowest BCUT2D eigenvalue weighted by molar-refractivity contribution is 0.305. The maximum atomic E-state index is 6.08. The number of fused-ring (bicyclic) bond motifs is 1. The minimum absolute atomic E-state index is 0.530. The molecule has 0 aromatic heterocycles. The van der Waals surface area contributed by atoms with Crippen LogP contribution in [0.3, 0.4) is 0 Å². The van der Waals surface area contributed by atoms with Crippen LogP contribution in [0.4, 0.5) is 5.69 Å². The van der Waals surface area contributed by atoms with Gasteiger partial charge in [-0.25, -0.2) is 0 Å². The SMILES string of the molecule is Clc1ccc(NCc2ccc(OCc3cccc4ccccc34)c(Br)c2)cc1. The van der Waals surface area contributed by atoms with Crippen LogP contribution in [0.15, 0.2) is 89.4 Å². The van der Waals surface area contributed by atoms with E-state index in [0.29, 0.717) is 6.61 Å². The van der Waals surface area contributed by atoms with Gasteiger partial charge in [0.05, 0.1) is 4.47 Å². The Morgan fingerprint density at radius 2 is 1.64 bits per heavy atom. The summed E-state index contributed by atoms with van der Waals surface area (Å²) in [5, 5.41) is 6.58. The van der Waals surface area contributed by atoms with E-state index in [1.807, 2.05) is 30.3 Å². The van der Waals surface area contributed by atoms with Crippen molar-refractivity contribution < 1.29 is 4.74 Å². The summed E-state index contributed by atoms with van der Waals surface area (Å²) in [5.41, 5.74) is 3.38. The third-order valence-corrected chi connectivity index (χ3v) is 5.47. The molecule has 0 aliphatic carbocycles. The molecule has 28 heavy (non-hydrogen) atoms. The fourth-order valence-electron chi connectivity index (χ4n) is 3.12. The van der Waals surface area contributed by atoms with Crippen LogP contribution in [0.1, 0.15) is 11.1 Å². The molecule has 0 atom stereocenters. The molecule has 0 bridgehead atoms. The van der Waals surface area contributed by atoms with Crippen molar-refractivity contribution in [3.8, 4) is 5.75 Å². The molecular formula is C24H19BrClNO. The molecule has 2 nitrogen and oxygen atoms in total. The highest BCUT2D eigenvalue weighted by Gasteiger charge is 2.06. The van der Waals surface area contributed by atoms with E-state index in [1.54, 1.807) is 0 Å². The molecule has 0 aliphatic heterocycles. The molecule has 0 aliphatic rings. The van der Waals surface area contributed by atoms with Gasteiger partial charge in [-0.1, -0.05) is 60.1 Å². The molecule has 0 unspecified atom stereocenters. The summed E-state index contributed by atoms with van der Waals surface area (Å²) in [6, 6.07) is 28.5. The molecule has 0 fully saturated rings. The number of hydrogen-bond donors (Lipinski definition) is 1. The molecule has 0 saturated heterocycles. The second kappa shape index (κ2) is 8.68. The minimum Gasteiger partial charge on any atom is -0.488 e. The molecule has 4 aromatic carbocycles. The molecule has 0 amide bonds. The molecular weight excluding hydrogens is 434 g/mol. The average molecular weight is 453 g/mol. The first-order valence-electron chi connectivity index (χ1n) is 9.06. The molecule has 0 spiro atoms. The number of rotatable bonds is 6. The van der Waals surface area contributed by atoms with E-state index in [-0.39, 0.29) is 0 Å². The van der Waals surface area contributed by atoms with Crippen LogP contribution in [0.5, 0.6) is 5.75 Å². The van der Waals surface area contributed by atoms with Gasteiger partial charge in [0.15, 0.2) is 0 Å². The molecule has 4 heteroatoms. The zero-order valence-corrected chi connectivity index (χ0v) is 17.5. The highest BCUT2D eigenvalue weighted by molar-refractivity contribution is 9.10. The van der Waals surface area contributed by atoms with Crippen LogP contribution in [0.25, 0.3) is 10.8 Å². The number of halogens is 2. The van der Waals surface area contributed by atoms with Gasteiger partial charge in [0, 0.05) is 17.3 Å². The Labute approximate surface area is 178 Å². The van der Waals surface area contributed by atoms with Gasteiger partial charge >= 0.3 is 0 Å². The Morgan fingerprint density at radius 3 is 2.46 bits per heavy atom. The quantitative estimate of drug-likeness (QED) is 0.328. The molecule has 4 aromatic rings. The Bertz CT molecular complexity index is 1090. The number of anilines is 1. The number of benzene rings is 4. The minimum atomic E-state index is 0.530. The summed E-state index contributed by atoms with van der Waals surface area (Å²) >= 11 is 9.56. The Kier molecular flexibility index (Phi) is 5.84. The van der Waals surface area contributed by atoms with Crippen molar-refractivity contribution >= 4 is 44.0 Å². The van der Waals surface area contributed by atoms with Gasteiger partial charge in [0.1, 0.15) is 12.4 Å². The van der Waals surface area contributed by atoms with Crippen LogP contribution >= 0.6 is 27.5 Å². The second-order valence-corrected chi connectivity index (χ2v) is 7.84. The van der Waals surface area contributed by atoms with E-state index in [4.69, 9.17) is 16.3 Å². The van der Waals surface area contributed by atoms with E-state index in [0.717, 1.165) is 27.5 Å². The first kappa shape index (κ1) is 18.9. The van der Waals surface area contributed by atoms with Crippen molar-refractivity contribution in [3.63, 3.8) is 0 Å². The van der Waals surface area contributed by atoms with Crippen LogP contribution in [0.2, 0.25) is 5.02 Å². The monoisotopic (exact) mass is 451 g/mol. The van der Waals surface area contributed by atoms with Crippen LogP contribution in [-0.2, 0) is 13.2 Å². The van der Waals surface area contributed by atoms with E-state index >= 15 is 0 Å². The number of hydrogen-bond acceptors (Lipinski definition) is 2. The maximum Gasteiger partial charge on any atom is 0.134 e. The fourth-order valence-corrected chi connectivity index (χ4v) is 3.78. The van der Waals surface area contributed by atoms with Crippen LogP contribution in [0, 0.1) is 0 Å². The molecule has 0 heterocycles.